The van der Waals surface area contributed by atoms with Crippen LogP contribution in [0.15, 0.2) is 16.8 Å². The predicted octanol–water partition coefficient (Wildman–Crippen LogP) is 3.92. The van der Waals surface area contributed by atoms with Crippen molar-refractivity contribution in [1.29, 1.82) is 0 Å². The molecule has 0 aliphatic heterocycles. The monoisotopic (exact) mass is 326 g/mol. The first-order valence-electron chi connectivity index (χ1n) is 6.03. The number of thiazole rings is 1. The zero-order valence-corrected chi connectivity index (χ0v) is 13.3. The lowest BCUT2D eigenvalue weighted by molar-refractivity contribution is 0.0632. The Labute approximate surface area is 129 Å². The minimum atomic E-state index is -1.13. The largest absolute Gasteiger partial charge is 0.476 e. The van der Waals surface area contributed by atoms with E-state index in [9.17, 15) is 14.7 Å². The molecule has 2 aromatic rings. The number of aromatic carboxylic acids is 1. The molecule has 21 heavy (non-hydrogen) atoms. The highest BCUT2D eigenvalue weighted by Gasteiger charge is 2.22. The van der Waals surface area contributed by atoms with E-state index in [1.54, 1.807) is 20.8 Å². The van der Waals surface area contributed by atoms with Gasteiger partial charge in [0.15, 0.2) is 10.8 Å². The molecule has 1 amide bonds. The van der Waals surface area contributed by atoms with Crippen molar-refractivity contribution in [1.82, 2.24) is 4.98 Å². The zero-order valence-electron chi connectivity index (χ0n) is 11.7. The molecule has 0 spiro atoms. The molecule has 2 aromatic heterocycles. The van der Waals surface area contributed by atoms with Gasteiger partial charge in [-0.2, -0.15) is 11.3 Å². The van der Waals surface area contributed by atoms with E-state index in [-0.39, 0.29) is 10.8 Å². The van der Waals surface area contributed by atoms with Gasteiger partial charge in [0.1, 0.15) is 5.60 Å². The highest BCUT2D eigenvalue weighted by Crippen LogP contribution is 2.34. The first-order valence-corrected chi connectivity index (χ1v) is 7.79. The third-order valence-corrected chi connectivity index (χ3v) is 3.92. The van der Waals surface area contributed by atoms with Crippen LogP contribution in [-0.4, -0.2) is 27.8 Å². The summed E-state index contributed by atoms with van der Waals surface area (Å²) in [6.07, 6.45) is -0.662. The quantitative estimate of drug-likeness (QED) is 0.892. The van der Waals surface area contributed by atoms with Crippen molar-refractivity contribution < 1.29 is 19.4 Å². The number of thiophene rings is 1. The maximum atomic E-state index is 11.7. The lowest BCUT2D eigenvalue weighted by Gasteiger charge is -2.18. The van der Waals surface area contributed by atoms with Gasteiger partial charge >= 0.3 is 12.1 Å². The van der Waals surface area contributed by atoms with Gasteiger partial charge in [-0.3, -0.25) is 5.32 Å². The Morgan fingerprint density at radius 3 is 2.62 bits per heavy atom. The lowest BCUT2D eigenvalue weighted by atomic mass is 10.2. The molecule has 2 rings (SSSR count). The summed E-state index contributed by atoms with van der Waals surface area (Å²) in [6.45, 7) is 5.23. The van der Waals surface area contributed by atoms with Crippen LogP contribution >= 0.6 is 22.7 Å². The lowest BCUT2D eigenvalue weighted by Crippen LogP contribution is -2.27. The minimum Gasteiger partial charge on any atom is -0.476 e. The Hall–Kier alpha value is -1.93. The number of carbonyl (C=O) groups excluding carboxylic acids is 1. The number of carboxylic acids is 1. The molecule has 0 aliphatic rings. The fourth-order valence-corrected chi connectivity index (χ4v) is 3.16. The standard InChI is InChI=1S/C13H14N2O4S2/c1-13(2,3)19-12(18)15-11-14-8(10(16)17)9(21-11)7-4-5-20-6-7/h4-6H,1-3H3,(H,16,17)(H,14,15,18). The summed E-state index contributed by atoms with van der Waals surface area (Å²) >= 11 is 2.56. The van der Waals surface area contributed by atoms with Crippen molar-refractivity contribution in [2.75, 3.05) is 5.32 Å². The van der Waals surface area contributed by atoms with Gasteiger partial charge in [-0.25, -0.2) is 14.6 Å². The molecule has 2 heterocycles. The Bertz CT molecular complexity index is 656. The number of rotatable bonds is 3. The SMILES string of the molecule is CC(C)(C)OC(=O)Nc1nc(C(=O)O)c(-c2ccsc2)s1. The van der Waals surface area contributed by atoms with E-state index in [1.807, 2.05) is 16.8 Å². The summed E-state index contributed by atoms with van der Waals surface area (Å²) in [7, 11) is 0. The van der Waals surface area contributed by atoms with E-state index in [2.05, 4.69) is 10.3 Å². The summed E-state index contributed by atoms with van der Waals surface area (Å²) in [4.78, 5) is 27.4. The van der Waals surface area contributed by atoms with E-state index in [4.69, 9.17) is 4.74 Å². The first kappa shape index (κ1) is 15.5. The average molecular weight is 326 g/mol. The van der Waals surface area contributed by atoms with E-state index in [1.165, 1.54) is 11.3 Å². The van der Waals surface area contributed by atoms with Gasteiger partial charge in [-0.15, -0.1) is 0 Å². The molecule has 0 aliphatic carbocycles. The molecule has 0 saturated heterocycles. The molecule has 0 unspecified atom stereocenters. The van der Waals surface area contributed by atoms with Crippen LogP contribution in [-0.2, 0) is 4.74 Å². The fourth-order valence-electron chi connectivity index (χ4n) is 1.50. The van der Waals surface area contributed by atoms with Crippen molar-refractivity contribution in [2.24, 2.45) is 0 Å². The second-order valence-electron chi connectivity index (χ2n) is 5.14. The van der Waals surface area contributed by atoms with Crippen molar-refractivity contribution in [3.8, 4) is 10.4 Å². The molecular weight excluding hydrogens is 312 g/mol. The van der Waals surface area contributed by atoms with E-state index >= 15 is 0 Å². The Morgan fingerprint density at radius 2 is 2.10 bits per heavy atom. The predicted molar refractivity (Wildman–Crippen MR) is 82.2 cm³/mol. The van der Waals surface area contributed by atoms with Crippen LogP contribution in [0.25, 0.3) is 10.4 Å². The molecule has 0 fully saturated rings. The maximum Gasteiger partial charge on any atom is 0.413 e. The Kier molecular flexibility index (Phi) is 4.29. The molecule has 0 aromatic carbocycles. The van der Waals surface area contributed by atoms with Crippen LogP contribution < -0.4 is 5.32 Å². The number of amides is 1. The number of nitrogens with one attached hydrogen (secondary N) is 1. The van der Waals surface area contributed by atoms with Crippen molar-refractivity contribution in [2.45, 2.75) is 26.4 Å². The summed E-state index contributed by atoms with van der Waals surface area (Å²) in [5.41, 5.74) is 0.0595. The van der Waals surface area contributed by atoms with Gasteiger partial charge < -0.3 is 9.84 Å². The maximum absolute atomic E-state index is 11.7. The summed E-state index contributed by atoms with van der Waals surface area (Å²) < 4.78 is 5.11. The molecule has 8 heteroatoms. The van der Waals surface area contributed by atoms with Crippen LogP contribution in [0, 0.1) is 0 Å². The number of nitrogens with zero attached hydrogens (tertiary/aromatic N) is 1. The second kappa shape index (κ2) is 5.82. The van der Waals surface area contributed by atoms with Crippen LogP contribution in [0.5, 0.6) is 0 Å². The van der Waals surface area contributed by atoms with Gasteiger partial charge in [-0.1, -0.05) is 11.3 Å². The summed E-state index contributed by atoms with van der Waals surface area (Å²) in [6, 6.07) is 1.81. The van der Waals surface area contributed by atoms with Crippen LogP contribution in [0.2, 0.25) is 0 Å². The molecule has 0 saturated carbocycles. The molecular formula is C13H14N2O4S2. The molecule has 0 bridgehead atoms. The van der Waals surface area contributed by atoms with Crippen molar-refractivity contribution in [3.05, 3.63) is 22.5 Å². The number of ether oxygens (including phenoxy) is 1. The van der Waals surface area contributed by atoms with Crippen LogP contribution in [0.4, 0.5) is 9.93 Å². The highest BCUT2D eigenvalue weighted by molar-refractivity contribution is 7.19. The molecule has 6 nitrogen and oxygen atoms in total. The van der Waals surface area contributed by atoms with Gasteiger partial charge in [0.25, 0.3) is 0 Å². The highest BCUT2D eigenvalue weighted by atomic mass is 32.1. The Balaban J connectivity index is 2.24. The summed E-state index contributed by atoms with van der Waals surface area (Å²) in [5, 5.41) is 15.5. The number of hydrogen-bond donors (Lipinski definition) is 2. The zero-order chi connectivity index (χ0) is 15.6. The topological polar surface area (TPSA) is 88.5 Å². The van der Waals surface area contributed by atoms with Crippen LogP contribution in [0.3, 0.4) is 0 Å². The summed E-state index contributed by atoms with van der Waals surface area (Å²) in [5.74, 6) is -1.13. The molecule has 0 atom stereocenters. The minimum absolute atomic E-state index is 0.0792. The van der Waals surface area contributed by atoms with E-state index in [0.717, 1.165) is 16.9 Å². The Morgan fingerprint density at radius 1 is 1.38 bits per heavy atom. The van der Waals surface area contributed by atoms with Gasteiger partial charge in [0, 0.05) is 5.56 Å². The van der Waals surface area contributed by atoms with E-state index in [0.29, 0.717) is 4.88 Å². The third-order valence-electron chi connectivity index (χ3n) is 2.22. The van der Waals surface area contributed by atoms with Gasteiger partial charge in [0.05, 0.1) is 4.88 Å². The van der Waals surface area contributed by atoms with Gasteiger partial charge in [-0.05, 0) is 37.6 Å². The molecule has 0 radical (unpaired) electrons. The molecule has 112 valence electrons. The number of hydrogen-bond acceptors (Lipinski definition) is 6. The number of carbonyl (C=O) groups is 2. The number of carboxylic acid groups (broad SMARTS) is 1. The molecule has 2 N–H and O–H groups in total. The first-order chi connectivity index (χ1) is 9.76. The second-order valence-corrected chi connectivity index (χ2v) is 6.92. The van der Waals surface area contributed by atoms with E-state index < -0.39 is 17.7 Å². The van der Waals surface area contributed by atoms with Crippen molar-refractivity contribution in [3.63, 3.8) is 0 Å². The fraction of sp³-hybridized carbons (Fsp3) is 0.308. The third kappa shape index (κ3) is 4.02. The normalized spacial score (nSPS) is 11.2. The number of anilines is 1. The van der Waals surface area contributed by atoms with Crippen LogP contribution in [0.1, 0.15) is 31.3 Å². The average Bonchev–Trinajstić information content (AvgIpc) is 2.92. The van der Waals surface area contributed by atoms with Crippen molar-refractivity contribution >= 4 is 39.9 Å². The van der Waals surface area contributed by atoms with Gasteiger partial charge in [0.2, 0.25) is 0 Å². The smallest absolute Gasteiger partial charge is 0.413 e. The number of aromatic nitrogens is 1.